The maximum Gasteiger partial charge on any atom is 0.205 e. The van der Waals surface area contributed by atoms with Gasteiger partial charge < -0.3 is 10.5 Å². The molecule has 0 aromatic heterocycles. The number of allylic oxidation sites excluding steroid dienone is 3. The highest BCUT2D eigenvalue weighted by Gasteiger charge is 2.36. The Morgan fingerprint density at radius 2 is 1.75 bits per heavy atom. The molecule has 4 rings (SSSR count). The number of nitrogens with zero attached hydrogens (tertiary/aromatic N) is 1. The van der Waals surface area contributed by atoms with Crippen LogP contribution in [0.3, 0.4) is 0 Å². The Morgan fingerprint density at radius 1 is 1.04 bits per heavy atom. The van der Waals surface area contributed by atoms with Crippen LogP contribution in [0.1, 0.15) is 36.3 Å². The minimum absolute atomic E-state index is 0.137. The van der Waals surface area contributed by atoms with Crippen molar-refractivity contribution >= 4 is 29.3 Å². The van der Waals surface area contributed by atoms with Crippen LogP contribution < -0.4 is 5.73 Å². The number of hydrogen-bond acceptors (Lipinski definition) is 3. The van der Waals surface area contributed by atoms with E-state index in [1.165, 1.54) is 0 Å². The Morgan fingerprint density at radius 3 is 2.46 bits per heavy atom. The normalized spacial score (nSPS) is 20.6. The van der Waals surface area contributed by atoms with Crippen molar-refractivity contribution in [3.8, 4) is 6.07 Å². The summed E-state index contributed by atoms with van der Waals surface area (Å²) in [5.74, 6) is 0.586. The lowest BCUT2D eigenvalue weighted by Crippen LogP contribution is -2.24. The first-order chi connectivity index (χ1) is 13.6. The lowest BCUT2D eigenvalue weighted by Gasteiger charge is -2.33. The van der Waals surface area contributed by atoms with Crippen LogP contribution in [0, 0.1) is 11.3 Å². The maximum atomic E-state index is 9.75. The average Bonchev–Trinajstić information content (AvgIpc) is 2.70. The van der Waals surface area contributed by atoms with Crippen molar-refractivity contribution in [2.45, 2.75) is 25.2 Å². The van der Waals surface area contributed by atoms with E-state index in [4.69, 9.17) is 33.7 Å². The summed E-state index contributed by atoms with van der Waals surface area (Å²) in [5, 5.41) is 11.0. The topological polar surface area (TPSA) is 59.0 Å². The molecule has 2 aromatic carbocycles. The Bertz CT molecular complexity index is 1080. The molecule has 0 bridgehead atoms. The zero-order chi connectivity index (χ0) is 19.7. The van der Waals surface area contributed by atoms with Crippen LogP contribution in [-0.4, -0.2) is 0 Å². The van der Waals surface area contributed by atoms with Crippen molar-refractivity contribution < 1.29 is 4.74 Å². The molecule has 5 heteroatoms. The van der Waals surface area contributed by atoms with Gasteiger partial charge in [0.25, 0.3) is 0 Å². The molecular formula is C23H18Cl2N2O. The first-order valence-corrected chi connectivity index (χ1v) is 9.86. The number of nitrogens with two attached hydrogens (primary N) is 1. The molecule has 1 aliphatic heterocycles. The van der Waals surface area contributed by atoms with Crippen molar-refractivity contribution in [1.82, 2.24) is 0 Å². The number of benzene rings is 2. The van der Waals surface area contributed by atoms with Gasteiger partial charge in [0.05, 0.1) is 5.92 Å². The van der Waals surface area contributed by atoms with E-state index in [0.29, 0.717) is 15.6 Å². The zero-order valence-electron chi connectivity index (χ0n) is 15.1. The van der Waals surface area contributed by atoms with Gasteiger partial charge in [-0.25, -0.2) is 0 Å². The summed E-state index contributed by atoms with van der Waals surface area (Å²) >= 11 is 12.8. The van der Waals surface area contributed by atoms with Gasteiger partial charge in [-0.05, 0) is 59.7 Å². The molecule has 0 spiro atoms. The summed E-state index contributed by atoms with van der Waals surface area (Å²) in [6, 6.07) is 17.5. The highest BCUT2D eigenvalue weighted by atomic mass is 35.5. The molecule has 0 saturated heterocycles. The van der Waals surface area contributed by atoms with E-state index in [0.717, 1.165) is 47.3 Å². The number of nitriles is 1. The van der Waals surface area contributed by atoms with Gasteiger partial charge in [0.1, 0.15) is 17.4 Å². The van der Waals surface area contributed by atoms with Gasteiger partial charge in [0.2, 0.25) is 5.88 Å². The lowest BCUT2D eigenvalue weighted by molar-refractivity contribution is 0.277. The summed E-state index contributed by atoms with van der Waals surface area (Å²) in [4.78, 5) is 0. The van der Waals surface area contributed by atoms with Crippen molar-refractivity contribution in [2.24, 2.45) is 5.73 Å². The van der Waals surface area contributed by atoms with Crippen LogP contribution in [0.25, 0.3) is 6.08 Å². The molecule has 2 N–H and O–H groups in total. The quantitative estimate of drug-likeness (QED) is 0.631. The molecule has 1 heterocycles. The highest BCUT2D eigenvalue weighted by Crippen LogP contribution is 2.48. The first-order valence-electron chi connectivity index (χ1n) is 9.10. The Labute approximate surface area is 174 Å². The molecule has 0 unspecified atom stereocenters. The number of rotatable bonds is 2. The third kappa shape index (κ3) is 3.30. The third-order valence-corrected chi connectivity index (χ3v) is 5.85. The van der Waals surface area contributed by atoms with Gasteiger partial charge in [-0.3, -0.25) is 0 Å². The van der Waals surface area contributed by atoms with E-state index < -0.39 is 0 Å². The van der Waals surface area contributed by atoms with Gasteiger partial charge >= 0.3 is 0 Å². The Hall–Kier alpha value is -2.67. The summed E-state index contributed by atoms with van der Waals surface area (Å²) in [5.41, 5.74) is 10.5. The van der Waals surface area contributed by atoms with Gasteiger partial charge in [-0.2, -0.15) is 5.26 Å². The molecule has 2 aliphatic rings. The Balaban J connectivity index is 1.88. The SMILES string of the molecule is N#CC1=C(N)OC2=C(CCC/C2=C\c2ccccc2Cl)[C@H]1c1ccccc1Cl. The molecule has 2 aromatic rings. The van der Waals surface area contributed by atoms with Crippen molar-refractivity contribution in [1.29, 1.82) is 5.26 Å². The Kier molecular flexibility index (Phi) is 5.17. The van der Waals surface area contributed by atoms with Crippen LogP contribution in [0.15, 0.2) is 76.9 Å². The molecule has 140 valence electrons. The highest BCUT2D eigenvalue weighted by molar-refractivity contribution is 6.32. The van der Waals surface area contributed by atoms with Crippen molar-refractivity contribution in [2.75, 3.05) is 0 Å². The average molecular weight is 409 g/mol. The van der Waals surface area contributed by atoms with Gasteiger partial charge in [-0.15, -0.1) is 0 Å². The first kappa shape index (κ1) is 18.7. The van der Waals surface area contributed by atoms with Gasteiger partial charge in [-0.1, -0.05) is 59.6 Å². The van der Waals surface area contributed by atoms with Crippen LogP contribution in [-0.2, 0) is 4.74 Å². The van der Waals surface area contributed by atoms with E-state index in [-0.39, 0.29) is 11.8 Å². The molecule has 0 fully saturated rings. The van der Waals surface area contributed by atoms with Crippen molar-refractivity contribution in [3.05, 3.63) is 98.1 Å². The van der Waals surface area contributed by atoms with E-state index in [9.17, 15) is 5.26 Å². The number of hydrogen-bond donors (Lipinski definition) is 1. The monoisotopic (exact) mass is 408 g/mol. The number of halogens is 2. The van der Waals surface area contributed by atoms with E-state index in [1.807, 2.05) is 54.6 Å². The summed E-state index contributed by atoms with van der Waals surface area (Å²) < 4.78 is 5.97. The van der Waals surface area contributed by atoms with Crippen LogP contribution in [0.4, 0.5) is 0 Å². The molecule has 0 saturated carbocycles. The second-order valence-corrected chi connectivity index (χ2v) is 7.66. The fourth-order valence-corrected chi connectivity index (χ4v) is 4.32. The van der Waals surface area contributed by atoms with E-state index in [2.05, 4.69) is 6.07 Å². The van der Waals surface area contributed by atoms with Gasteiger partial charge in [0.15, 0.2) is 0 Å². The predicted octanol–water partition coefficient (Wildman–Crippen LogP) is 6.32. The second-order valence-electron chi connectivity index (χ2n) is 6.85. The summed E-state index contributed by atoms with van der Waals surface area (Å²) in [6.07, 6.45) is 4.68. The smallest absolute Gasteiger partial charge is 0.205 e. The molecule has 1 atom stereocenters. The molecule has 28 heavy (non-hydrogen) atoms. The van der Waals surface area contributed by atoms with Gasteiger partial charge in [0, 0.05) is 10.0 Å². The lowest BCUT2D eigenvalue weighted by atomic mass is 9.77. The predicted molar refractivity (Wildman–Crippen MR) is 112 cm³/mol. The third-order valence-electron chi connectivity index (χ3n) is 5.16. The number of ether oxygens (including phenoxy) is 1. The maximum absolute atomic E-state index is 9.75. The molecule has 0 amide bonds. The molecular weight excluding hydrogens is 391 g/mol. The molecule has 0 radical (unpaired) electrons. The second kappa shape index (κ2) is 7.75. The van der Waals surface area contributed by atoms with Crippen LogP contribution in [0.5, 0.6) is 0 Å². The van der Waals surface area contributed by atoms with Crippen LogP contribution >= 0.6 is 23.2 Å². The van der Waals surface area contributed by atoms with E-state index in [1.54, 1.807) is 0 Å². The van der Waals surface area contributed by atoms with Crippen LogP contribution in [0.2, 0.25) is 10.0 Å². The largest absolute Gasteiger partial charge is 0.440 e. The fraction of sp³-hybridized carbons (Fsp3) is 0.174. The fourth-order valence-electron chi connectivity index (χ4n) is 3.88. The standard InChI is InChI=1S/C23H18Cl2N2O/c24-19-10-3-1-6-14(19)12-15-7-5-9-17-21(16-8-2-4-11-20(16)25)18(13-26)23(27)28-22(15)17/h1-4,6,8,10-12,21H,5,7,9,27H2/b15-12+/t21-/m1/s1. The zero-order valence-corrected chi connectivity index (χ0v) is 16.6. The van der Waals surface area contributed by atoms with E-state index >= 15 is 0 Å². The molecule has 3 nitrogen and oxygen atoms in total. The van der Waals surface area contributed by atoms with Crippen molar-refractivity contribution in [3.63, 3.8) is 0 Å². The summed E-state index contributed by atoms with van der Waals surface area (Å²) in [6.45, 7) is 0. The molecule has 1 aliphatic carbocycles. The minimum atomic E-state index is -0.294. The minimum Gasteiger partial charge on any atom is -0.440 e. The summed E-state index contributed by atoms with van der Waals surface area (Å²) in [7, 11) is 0.